The molecule has 0 aliphatic carbocycles. The summed E-state index contributed by atoms with van der Waals surface area (Å²) in [6.07, 6.45) is 4.33. The van der Waals surface area contributed by atoms with Crippen molar-refractivity contribution >= 4 is 5.91 Å². The number of amides is 1. The van der Waals surface area contributed by atoms with Crippen LogP contribution in [-0.4, -0.2) is 38.6 Å². The third-order valence-electron chi connectivity index (χ3n) is 4.96. The highest BCUT2D eigenvalue weighted by atomic mass is 19.1. The highest BCUT2D eigenvalue weighted by Crippen LogP contribution is 2.33. The molecule has 1 aromatic heterocycles. The van der Waals surface area contributed by atoms with Crippen LogP contribution in [0, 0.1) is 11.7 Å². The van der Waals surface area contributed by atoms with E-state index in [1.807, 2.05) is 22.7 Å². The lowest BCUT2D eigenvalue weighted by Gasteiger charge is -2.37. The highest BCUT2D eigenvalue weighted by molar-refractivity contribution is 5.81. The minimum absolute atomic E-state index is 0.0825. The molecule has 0 saturated carbocycles. The fourth-order valence-corrected chi connectivity index (χ4v) is 3.57. The van der Waals surface area contributed by atoms with Gasteiger partial charge in [-0.2, -0.15) is 0 Å². The van der Waals surface area contributed by atoms with Crippen molar-refractivity contribution in [1.82, 2.24) is 14.5 Å². The quantitative estimate of drug-likeness (QED) is 0.860. The molecular weight excluding hydrogens is 323 g/mol. The van der Waals surface area contributed by atoms with E-state index < -0.39 is 18.1 Å². The van der Waals surface area contributed by atoms with Crippen LogP contribution in [-0.2, 0) is 11.8 Å². The molecule has 134 valence electrons. The largest absolute Gasteiger partial charge is 0.385 e. The molecule has 2 aromatic rings. The van der Waals surface area contributed by atoms with Crippen molar-refractivity contribution in [2.24, 2.45) is 18.7 Å². The average molecular weight is 346 g/mol. The van der Waals surface area contributed by atoms with Gasteiger partial charge in [0.25, 0.3) is 0 Å². The Hall–Kier alpha value is -2.25. The van der Waals surface area contributed by atoms with E-state index in [0.717, 1.165) is 12.8 Å². The molecule has 0 spiro atoms. The lowest BCUT2D eigenvalue weighted by atomic mass is 9.89. The Morgan fingerprint density at radius 2 is 1.96 bits per heavy atom. The minimum atomic E-state index is -0.625. The van der Waals surface area contributed by atoms with Crippen molar-refractivity contribution in [3.05, 3.63) is 53.9 Å². The first-order valence-electron chi connectivity index (χ1n) is 8.41. The molecule has 2 heterocycles. The molecule has 7 heteroatoms. The summed E-state index contributed by atoms with van der Waals surface area (Å²) in [7, 11) is 1.86. The van der Waals surface area contributed by atoms with Crippen LogP contribution >= 0.6 is 0 Å². The van der Waals surface area contributed by atoms with E-state index >= 15 is 0 Å². The van der Waals surface area contributed by atoms with Crippen molar-refractivity contribution in [3.63, 3.8) is 0 Å². The monoisotopic (exact) mass is 346 g/mol. The molecule has 1 saturated heterocycles. The summed E-state index contributed by atoms with van der Waals surface area (Å²) >= 11 is 0. The van der Waals surface area contributed by atoms with Gasteiger partial charge in [-0.15, -0.1) is 0 Å². The van der Waals surface area contributed by atoms with E-state index in [-0.39, 0.29) is 11.7 Å². The van der Waals surface area contributed by atoms with Gasteiger partial charge in [0.05, 0.1) is 0 Å². The normalized spacial score (nSPS) is 18.8. The number of aromatic nitrogens is 2. The summed E-state index contributed by atoms with van der Waals surface area (Å²) in [4.78, 5) is 18.2. The topological polar surface area (TPSA) is 84.4 Å². The zero-order valence-electron chi connectivity index (χ0n) is 14.2. The van der Waals surface area contributed by atoms with Gasteiger partial charge in [-0.3, -0.25) is 9.69 Å². The first kappa shape index (κ1) is 17.6. The van der Waals surface area contributed by atoms with Crippen LogP contribution in [0.1, 0.15) is 36.4 Å². The first-order valence-corrected chi connectivity index (χ1v) is 8.41. The van der Waals surface area contributed by atoms with Gasteiger partial charge < -0.3 is 15.4 Å². The second-order valence-corrected chi connectivity index (χ2v) is 6.57. The Morgan fingerprint density at radius 1 is 1.32 bits per heavy atom. The van der Waals surface area contributed by atoms with Gasteiger partial charge in [-0.05, 0) is 49.5 Å². The molecule has 1 aliphatic heterocycles. The Bertz CT molecular complexity index is 723. The lowest BCUT2D eigenvalue weighted by molar-refractivity contribution is -0.124. The molecule has 0 radical (unpaired) electrons. The second-order valence-electron chi connectivity index (χ2n) is 6.57. The summed E-state index contributed by atoms with van der Waals surface area (Å²) in [6.45, 7) is 1.27. The number of carbonyl (C=O) groups excluding carboxylic acids is 1. The number of nitrogens with two attached hydrogens (primary N) is 1. The first-order chi connectivity index (χ1) is 12.0. The van der Waals surface area contributed by atoms with E-state index in [1.165, 1.54) is 12.1 Å². The Balaban J connectivity index is 1.68. The molecule has 3 N–H and O–H groups in total. The molecule has 1 aliphatic rings. The van der Waals surface area contributed by atoms with Crippen LogP contribution in [0.3, 0.4) is 0 Å². The van der Waals surface area contributed by atoms with Gasteiger partial charge in [0, 0.05) is 19.4 Å². The third kappa shape index (κ3) is 3.72. The van der Waals surface area contributed by atoms with Crippen LogP contribution in [0.4, 0.5) is 4.39 Å². The number of piperidine rings is 1. The van der Waals surface area contributed by atoms with Crippen LogP contribution in [0.25, 0.3) is 0 Å². The molecule has 6 nitrogen and oxygen atoms in total. The number of aliphatic hydroxyl groups excluding tert-OH is 1. The maximum absolute atomic E-state index is 13.1. The standard InChI is InChI=1S/C18H23FN4O2/c1-22-11-8-21-18(22)16(24)13-6-9-23(10-7-13)15(17(20)25)12-2-4-14(19)5-3-12/h2-5,8,11,13,15-16,24H,6-7,9-10H2,1H3,(H2,20,25)/t15-,16+/m0/s1. The van der Waals surface area contributed by atoms with E-state index in [4.69, 9.17) is 5.73 Å². The fourth-order valence-electron chi connectivity index (χ4n) is 3.57. The maximum atomic E-state index is 13.1. The Morgan fingerprint density at radius 3 is 2.48 bits per heavy atom. The number of imidazole rings is 1. The van der Waals surface area contributed by atoms with Crippen molar-refractivity contribution in [3.8, 4) is 0 Å². The predicted molar refractivity (Wildman–Crippen MR) is 90.8 cm³/mol. The van der Waals surface area contributed by atoms with Crippen molar-refractivity contribution in [2.45, 2.75) is 25.0 Å². The van der Waals surface area contributed by atoms with Crippen molar-refractivity contribution in [2.75, 3.05) is 13.1 Å². The van der Waals surface area contributed by atoms with Gasteiger partial charge in [0.1, 0.15) is 23.8 Å². The maximum Gasteiger partial charge on any atom is 0.239 e. The molecule has 1 fully saturated rings. The Kier molecular flexibility index (Phi) is 5.15. The van der Waals surface area contributed by atoms with Crippen molar-refractivity contribution < 1.29 is 14.3 Å². The summed E-state index contributed by atoms with van der Waals surface area (Å²) in [6, 6.07) is 5.29. The molecule has 2 atom stereocenters. The summed E-state index contributed by atoms with van der Waals surface area (Å²) in [5, 5.41) is 10.6. The Labute approximate surface area is 146 Å². The third-order valence-corrected chi connectivity index (χ3v) is 4.96. The number of aryl methyl sites for hydroxylation is 1. The minimum Gasteiger partial charge on any atom is -0.385 e. The number of halogens is 1. The number of carbonyl (C=O) groups is 1. The number of likely N-dealkylation sites (tertiary alicyclic amines) is 1. The number of nitrogens with zero attached hydrogens (tertiary/aromatic N) is 3. The zero-order chi connectivity index (χ0) is 18.0. The van der Waals surface area contributed by atoms with Crippen LogP contribution in [0.2, 0.25) is 0 Å². The lowest BCUT2D eigenvalue weighted by Crippen LogP contribution is -2.43. The van der Waals surface area contributed by atoms with Crippen molar-refractivity contribution in [1.29, 1.82) is 0 Å². The summed E-state index contributed by atoms with van der Waals surface area (Å²) < 4.78 is 15.0. The molecule has 25 heavy (non-hydrogen) atoms. The van der Waals surface area contributed by atoms with Crippen LogP contribution in [0.5, 0.6) is 0 Å². The van der Waals surface area contributed by atoms with Crippen LogP contribution in [0.15, 0.2) is 36.7 Å². The van der Waals surface area contributed by atoms with Crippen LogP contribution < -0.4 is 5.73 Å². The van der Waals surface area contributed by atoms with Gasteiger partial charge in [0.2, 0.25) is 5.91 Å². The smallest absolute Gasteiger partial charge is 0.239 e. The van der Waals surface area contributed by atoms with Gasteiger partial charge in [-0.1, -0.05) is 12.1 Å². The van der Waals surface area contributed by atoms with Gasteiger partial charge >= 0.3 is 0 Å². The van der Waals surface area contributed by atoms with E-state index in [2.05, 4.69) is 4.98 Å². The number of rotatable bonds is 5. The molecule has 1 amide bonds. The predicted octanol–water partition coefficient (Wildman–Crippen LogP) is 1.53. The number of aliphatic hydroxyl groups is 1. The summed E-state index contributed by atoms with van der Waals surface area (Å²) in [5.74, 6) is -0.0545. The fraction of sp³-hybridized carbons (Fsp3) is 0.444. The average Bonchev–Trinajstić information content (AvgIpc) is 3.02. The van der Waals surface area contributed by atoms with Gasteiger partial charge in [0.15, 0.2) is 0 Å². The summed E-state index contributed by atoms with van der Waals surface area (Å²) in [5.41, 5.74) is 6.28. The van der Waals surface area contributed by atoms with E-state index in [0.29, 0.717) is 24.5 Å². The molecule has 0 bridgehead atoms. The van der Waals surface area contributed by atoms with E-state index in [9.17, 15) is 14.3 Å². The SMILES string of the molecule is Cn1ccnc1[C@H](O)C1CCN([C@H](C(N)=O)c2ccc(F)cc2)CC1. The number of benzene rings is 1. The molecular formula is C18H23FN4O2. The van der Waals surface area contributed by atoms with Gasteiger partial charge in [-0.25, -0.2) is 9.37 Å². The number of hydrogen-bond donors (Lipinski definition) is 2. The zero-order valence-corrected chi connectivity index (χ0v) is 14.2. The molecule has 0 unspecified atom stereocenters. The second kappa shape index (κ2) is 7.33. The van der Waals surface area contributed by atoms with E-state index in [1.54, 1.807) is 18.3 Å². The number of primary amides is 1. The molecule has 3 rings (SSSR count). The number of hydrogen-bond acceptors (Lipinski definition) is 4. The molecule has 1 aromatic carbocycles. The highest BCUT2D eigenvalue weighted by Gasteiger charge is 2.33.